The highest BCUT2D eigenvalue weighted by atomic mass is 35.5. The molecular weight excluding hydrogens is 431 g/mol. The highest BCUT2D eigenvalue weighted by Gasteiger charge is 2.41. The molecule has 0 aliphatic carbocycles. The van der Waals surface area contributed by atoms with Crippen LogP contribution in [0.1, 0.15) is 22.3 Å². The number of imide groups is 1. The number of rotatable bonds is 4. The van der Waals surface area contributed by atoms with E-state index in [2.05, 4.69) is 5.32 Å². The molecule has 0 saturated carbocycles. The third kappa shape index (κ3) is 3.73. The molecule has 156 valence electrons. The standard InChI is InChI=1S/C25H20Cl2N2O2/c1-14-11-12-17(15(2)13-14)22-23(28-20-9-6-8-18(26)16(20)3)25(31)29(24(22)30)21-10-5-4-7-19(21)27/h4-13,28H,1-3H3. The molecule has 1 N–H and O–H groups in total. The van der Waals surface area contributed by atoms with Gasteiger partial charge in [0.05, 0.1) is 16.3 Å². The Balaban J connectivity index is 1.91. The van der Waals surface area contributed by atoms with Gasteiger partial charge >= 0.3 is 0 Å². The number of benzene rings is 3. The topological polar surface area (TPSA) is 49.4 Å². The monoisotopic (exact) mass is 450 g/mol. The van der Waals surface area contributed by atoms with Gasteiger partial charge in [-0.3, -0.25) is 9.59 Å². The van der Waals surface area contributed by atoms with E-state index in [0.717, 1.165) is 21.6 Å². The summed E-state index contributed by atoms with van der Waals surface area (Å²) < 4.78 is 0. The maximum Gasteiger partial charge on any atom is 0.282 e. The van der Waals surface area contributed by atoms with Crippen LogP contribution in [-0.2, 0) is 9.59 Å². The fourth-order valence-corrected chi connectivity index (χ4v) is 4.11. The molecule has 2 amide bonds. The third-order valence-corrected chi connectivity index (χ3v) is 6.08. The number of carbonyl (C=O) groups excluding carboxylic acids is 2. The number of carbonyl (C=O) groups is 2. The van der Waals surface area contributed by atoms with E-state index in [1.165, 1.54) is 0 Å². The van der Waals surface area contributed by atoms with Crippen LogP contribution in [0.3, 0.4) is 0 Å². The molecule has 0 unspecified atom stereocenters. The van der Waals surface area contributed by atoms with Crippen molar-refractivity contribution in [2.75, 3.05) is 10.2 Å². The summed E-state index contributed by atoms with van der Waals surface area (Å²) in [4.78, 5) is 28.2. The number of nitrogens with zero attached hydrogens (tertiary/aromatic N) is 1. The van der Waals surface area contributed by atoms with E-state index >= 15 is 0 Å². The molecule has 6 heteroatoms. The number of amides is 2. The molecule has 1 aliphatic heterocycles. The maximum absolute atomic E-state index is 13.6. The van der Waals surface area contributed by atoms with E-state index in [1.54, 1.807) is 36.4 Å². The van der Waals surface area contributed by atoms with Gasteiger partial charge in [-0.05, 0) is 61.7 Å². The van der Waals surface area contributed by atoms with E-state index in [4.69, 9.17) is 23.2 Å². The summed E-state index contributed by atoms with van der Waals surface area (Å²) in [7, 11) is 0. The summed E-state index contributed by atoms with van der Waals surface area (Å²) in [6, 6.07) is 18.0. The van der Waals surface area contributed by atoms with Gasteiger partial charge in [0, 0.05) is 10.7 Å². The van der Waals surface area contributed by atoms with Gasteiger partial charge in [-0.15, -0.1) is 0 Å². The smallest absolute Gasteiger partial charge is 0.282 e. The van der Waals surface area contributed by atoms with E-state index in [0.29, 0.717) is 32.6 Å². The van der Waals surface area contributed by atoms with Gasteiger partial charge in [-0.25, -0.2) is 4.90 Å². The zero-order valence-electron chi connectivity index (χ0n) is 17.3. The highest BCUT2D eigenvalue weighted by molar-refractivity contribution is 6.48. The molecule has 0 bridgehead atoms. The van der Waals surface area contributed by atoms with Crippen LogP contribution in [0.4, 0.5) is 11.4 Å². The average Bonchev–Trinajstić information content (AvgIpc) is 2.96. The van der Waals surface area contributed by atoms with Crippen molar-refractivity contribution in [2.45, 2.75) is 20.8 Å². The fraction of sp³-hybridized carbons (Fsp3) is 0.120. The zero-order valence-corrected chi connectivity index (χ0v) is 18.8. The molecule has 31 heavy (non-hydrogen) atoms. The van der Waals surface area contributed by atoms with Crippen LogP contribution in [-0.4, -0.2) is 11.8 Å². The van der Waals surface area contributed by atoms with Crippen LogP contribution >= 0.6 is 23.2 Å². The van der Waals surface area contributed by atoms with Crippen LogP contribution < -0.4 is 10.2 Å². The largest absolute Gasteiger partial charge is 0.350 e. The van der Waals surface area contributed by atoms with Gasteiger partial charge in [0.1, 0.15) is 5.70 Å². The van der Waals surface area contributed by atoms with Crippen molar-refractivity contribution in [3.05, 3.63) is 98.7 Å². The SMILES string of the molecule is Cc1ccc(C2=C(Nc3cccc(Cl)c3C)C(=O)N(c3ccccc3Cl)C2=O)c(C)c1. The minimum Gasteiger partial charge on any atom is -0.350 e. The molecule has 0 atom stereocenters. The fourth-order valence-electron chi connectivity index (χ4n) is 3.72. The molecule has 3 aromatic rings. The molecule has 0 aromatic heterocycles. The van der Waals surface area contributed by atoms with E-state index in [-0.39, 0.29) is 5.70 Å². The maximum atomic E-state index is 13.6. The third-order valence-electron chi connectivity index (χ3n) is 5.36. The lowest BCUT2D eigenvalue weighted by molar-refractivity contribution is -0.120. The number of hydrogen-bond donors (Lipinski definition) is 1. The summed E-state index contributed by atoms with van der Waals surface area (Å²) in [5.41, 5.74) is 4.96. The van der Waals surface area contributed by atoms with Crippen molar-refractivity contribution in [3.63, 3.8) is 0 Å². The van der Waals surface area contributed by atoms with Crippen LogP contribution in [0.5, 0.6) is 0 Å². The zero-order chi connectivity index (χ0) is 22.3. The van der Waals surface area contributed by atoms with Crippen LogP contribution in [0.25, 0.3) is 5.57 Å². The molecule has 0 radical (unpaired) electrons. The highest BCUT2D eigenvalue weighted by Crippen LogP contribution is 2.38. The second-order valence-corrected chi connectivity index (χ2v) is 8.32. The van der Waals surface area contributed by atoms with Crippen molar-refractivity contribution in [1.82, 2.24) is 0 Å². The van der Waals surface area contributed by atoms with Crippen LogP contribution in [0, 0.1) is 20.8 Å². The molecule has 0 spiro atoms. The molecule has 0 fully saturated rings. The lowest BCUT2D eigenvalue weighted by Crippen LogP contribution is -2.32. The Morgan fingerprint density at radius 1 is 0.806 bits per heavy atom. The first kappa shape index (κ1) is 21.2. The van der Waals surface area contributed by atoms with Crippen molar-refractivity contribution in [3.8, 4) is 0 Å². The summed E-state index contributed by atoms with van der Waals surface area (Å²) >= 11 is 12.6. The molecule has 4 nitrogen and oxygen atoms in total. The predicted molar refractivity (Wildman–Crippen MR) is 127 cm³/mol. The lowest BCUT2D eigenvalue weighted by Gasteiger charge is -2.17. The summed E-state index contributed by atoms with van der Waals surface area (Å²) in [5.74, 6) is -0.889. The summed E-state index contributed by atoms with van der Waals surface area (Å²) in [5, 5.41) is 4.07. The van der Waals surface area contributed by atoms with Gasteiger partial charge in [0.15, 0.2) is 0 Å². The molecule has 1 heterocycles. The number of anilines is 2. The first-order valence-electron chi connectivity index (χ1n) is 9.77. The van der Waals surface area contributed by atoms with Crippen molar-refractivity contribution in [1.29, 1.82) is 0 Å². The van der Waals surface area contributed by atoms with Gasteiger partial charge in [-0.2, -0.15) is 0 Å². The number of aryl methyl sites for hydroxylation is 2. The van der Waals surface area contributed by atoms with E-state index < -0.39 is 11.8 Å². The Morgan fingerprint density at radius 2 is 1.52 bits per heavy atom. The van der Waals surface area contributed by atoms with E-state index in [1.807, 2.05) is 45.0 Å². The molecule has 1 aliphatic rings. The first-order chi connectivity index (χ1) is 14.8. The summed E-state index contributed by atoms with van der Waals surface area (Å²) in [6.45, 7) is 5.76. The quantitative estimate of drug-likeness (QED) is 0.473. The minimum absolute atomic E-state index is 0.197. The average molecular weight is 451 g/mol. The Kier molecular flexibility index (Phi) is 5.61. The molecule has 4 rings (SSSR count). The Hall–Kier alpha value is -3.08. The first-order valence-corrected chi connectivity index (χ1v) is 10.5. The van der Waals surface area contributed by atoms with Gasteiger partial charge in [0.25, 0.3) is 11.8 Å². The summed E-state index contributed by atoms with van der Waals surface area (Å²) in [6.07, 6.45) is 0. The van der Waals surface area contributed by atoms with Crippen LogP contribution in [0.2, 0.25) is 10.0 Å². The Morgan fingerprint density at radius 3 is 2.23 bits per heavy atom. The number of nitrogens with one attached hydrogen (secondary N) is 1. The van der Waals surface area contributed by atoms with Crippen molar-refractivity contribution in [2.24, 2.45) is 0 Å². The number of halogens is 2. The second-order valence-electron chi connectivity index (χ2n) is 7.50. The normalized spacial score (nSPS) is 13.9. The second kappa shape index (κ2) is 8.22. The molecule has 3 aromatic carbocycles. The van der Waals surface area contributed by atoms with Crippen molar-refractivity contribution >= 4 is 52.0 Å². The number of para-hydroxylation sites is 1. The van der Waals surface area contributed by atoms with Crippen LogP contribution in [0.15, 0.2) is 66.4 Å². The lowest BCUT2D eigenvalue weighted by atomic mass is 9.97. The van der Waals surface area contributed by atoms with E-state index in [9.17, 15) is 9.59 Å². The molecule has 0 saturated heterocycles. The van der Waals surface area contributed by atoms with Gasteiger partial charge in [-0.1, -0.05) is 65.2 Å². The Labute approximate surface area is 191 Å². The van der Waals surface area contributed by atoms with Gasteiger partial charge in [0.2, 0.25) is 0 Å². The number of hydrogen-bond acceptors (Lipinski definition) is 3. The predicted octanol–water partition coefficient (Wildman–Crippen LogP) is 6.32. The van der Waals surface area contributed by atoms with Crippen molar-refractivity contribution < 1.29 is 9.59 Å². The Bertz CT molecular complexity index is 1260. The van der Waals surface area contributed by atoms with Gasteiger partial charge < -0.3 is 5.32 Å². The minimum atomic E-state index is -0.465. The molecular formula is C25H20Cl2N2O2.